The molecule has 15 heavy (non-hydrogen) atoms. The highest BCUT2D eigenvalue weighted by Crippen LogP contribution is 2.04. The Labute approximate surface area is 92.4 Å². The van der Waals surface area contributed by atoms with Crippen molar-refractivity contribution in [3.05, 3.63) is 0 Å². The summed E-state index contributed by atoms with van der Waals surface area (Å²) in [6.07, 6.45) is 4.13. The van der Waals surface area contributed by atoms with Crippen LogP contribution in [0.25, 0.3) is 0 Å². The smallest absolute Gasteiger partial charge is 0.0785 e. The fraction of sp³-hybridized carbons (Fsp3) is 1.00. The van der Waals surface area contributed by atoms with Crippen LogP contribution in [0, 0.1) is 0 Å². The summed E-state index contributed by atoms with van der Waals surface area (Å²) in [4.78, 5) is 0. The van der Waals surface area contributed by atoms with E-state index in [2.05, 4.69) is 10.6 Å². The van der Waals surface area contributed by atoms with E-state index in [1.54, 1.807) is 7.11 Å². The molecule has 0 amide bonds. The second kappa shape index (κ2) is 8.05. The van der Waals surface area contributed by atoms with Crippen molar-refractivity contribution in [1.29, 1.82) is 0 Å². The molecule has 4 nitrogen and oxygen atoms in total. The molecule has 1 fully saturated rings. The summed E-state index contributed by atoms with van der Waals surface area (Å²) >= 11 is 0. The first kappa shape index (κ1) is 12.9. The van der Waals surface area contributed by atoms with Crippen LogP contribution in [-0.4, -0.2) is 50.6 Å². The summed E-state index contributed by atoms with van der Waals surface area (Å²) in [5.41, 5.74) is 0. The topological polar surface area (TPSA) is 53.5 Å². The molecule has 2 unspecified atom stereocenters. The third kappa shape index (κ3) is 6.10. The Balaban J connectivity index is 2.02. The van der Waals surface area contributed by atoms with Gasteiger partial charge in [0, 0.05) is 13.2 Å². The van der Waals surface area contributed by atoms with Gasteiger partial charge in [-0.2, -0.15) is 0 Å². The SMILES string of the molecule is COCC(O)CCNC1CCCNCC1. The zero-order chi connectivity index (χ0) is 10.9. The maximum atomic E-state index is 9.46. The molecule has 1 heterocycles. The first-order chi connectivity index (χ1) is 7.33. The number of rotatable bonds is 6. The minimum absolute atomic E-state index is 0.327. The molecule has 0 aromatic heterocycles. The van der Waals surface area contributed by atoms with Gasteiger partial charge in [-0.15, -0.1) is 0 Å². The Hall–Kier alpha value is -0.160. The van der Waals surface area contributed by atoms with Gasteiger partial charge >= 0.3 is 0 Å². The quantitative estimate of drug-likeness (QED) is 0.590. The van der Waals surface area contributed by atoms with E-state index >= 15 is 0 Å². The summed E-state index contributed by atoms with van der Waals surface area (Å²) in [5, 5.41) is 16.3. The van der Waals surface area contributed by atoms with E-state index < -0.39 is 0 Å². The van der Waals surface area contributed by atoms with Gasteiger partial charge in [0.1, 0.15) is 0 Å². The number of aliphatic hydroxyl groups is 1. The van der Waals surface area contributed by atoms with Crippen molar-refractivity contribution in [3.63, 3.8) is 0 Å². The Bertz CT molecular complexity index is 148. The van der Waals surface area contributed by atoms with Gasteiger partial charge in [0.2, 0.25) is 0 Å². The number of hydrogen-bond acceptors (Lipinski definition) is 4. The first-order valence-electron chi connectivity index (χ1n) is 5.94. The molecule has 0 radical (unpaired) electrons. The molecule has 0 spiro atoms. The van der Waals surface area contributed by atoms with E-state index in [0.29, 0.717) is 12.6 Å². The number of methoxy groups -OCH3 is 1. The summed E-state index contributed by atoms with van der Waals surface area (Å²) in [7, 11) is 1.62. The van der Waals surface area contributed by atoms with Crippen LogP contribution in [0.4, 0.5) is 0 Å². The van der Waals surface area contributed by atoms with Gasteiger partial charge in [-0.1, -0.05) is 0 Å². The Morgan fingerprint density at radius 3 is 3.13 bits per heavy atom. The average molecular weight is 216 g/mol. The third-order valence-corrected chi connectivity index (χ3v) is 2.85. The second-order valence-electron chi connectivity index (χ2n) is 4.23. The third-order valence-electron chi connectivity index (χ3n) is 2.85. The molecule has 1 aliphatic rings. The minimum Gasteiger partial charge on any atom is -0.391 e. The number of nitrogens with one attached hydrogen (secondary N) is 2. The standard InChI is InChI=1S/C11H24N2O2/c1-15-9-11(14)5-8-13-10-3-2-6-12-7-4-10/h10-14H,2-9H2,1H3. The number of aliphatic hydroxyl groups excluding tert-OH is 1. The van der Waals surface area contributed by atoms with Gasteiger partial charge in [0.25, 0.3) is 0 Å². The van der Waals surface area contributed by atoms with E-state index in [-0.39, 0.29) is 6.10 Å². The fourth-order valence-electron chi connectivity index (χ4n) is 1.95. The molecule has 0 aromatic carbocycles. The van der Waals surface area contributed by atoms with Crippen LogP contribution >= 0.6 is 0 Å². The molecule has 1 saturated heterocycles. The summed E-state index contributed by atoms with van der Waals surface area (Å²) in [6, 6.07) is 0.620. The molecular weight excluding hydrogens is 192 g/mol. The Morgan fingerprint density at radius 2 is 2.33 bits per heavy atom. The number of ether oxygens (including phenoxy) is 1. The molecule has 0 saturated carbocycles. The summed E-state index contributed by atoms with van der Waals surface area (Å²) < 4.78 is 4.88. The maximum Gasteiger partial charge on any atom is 0.0785 e. The monoisotopic (exact) mass is 216 g/mol. The molecule has 2 atom stereocenters. The summed E-state index contributed by atoms with van der Waals surface area (Å²) in [5.74, 6) is 0. The zero-order valence-corrected chi connectivity index (χ0v) is 9.67. The van der Waals surface area contributed by atoms with E-state index in [1.807, 2.05) is 0 Å². The lowest BCUT2D eigenvalue weighted by molar-refractivity contribution is 0.0589. The molecule has 4 heteroatoms. The van der Waals surface area contributed by atoms with Crippen molar-refractivity contribution in [1.82, 2.24) is 10.6 Å². The van der Waals surface area contributed by atoms with Gasteiger partial charge in [0.05, 0.1) is 12.7 Å². The highest BCUT2D eigenvalue weighted by Gasteiger charge is 2.11. The van der Waals surface area contributed by atoms with E-state index in [0.717, 1.165) is 26.1 Å². The maximum absolute atomic E-state index is 9.46. The largest absolute Gasteiger partial charge is 0.391 e. The van der Waals surface area contributed by atoms with Crippen molar-refractivity contribution >= 4 is 0 Å². The lowest BCUT2D eigenvalue weighted by atomic mass is 10.1. The molecule has 3 N–H and O–H groups in total. The fourth-order valence-corrected chi connectivity index (χ4v) is 1.95. The van der Waals surface area contributed by atoms with Crippen molar-refractivity contribution in [2.24, 2.45) is 0 Å². The second-order valence-corrected chi connectivity index (χ2v) is 4.23. The minimum atomic E-state index is -0.327. The van der Waals surface area contributed by atoms with Gasteiger partial charge in [-0.3, -0.25) is 0 Å². The Kier molecular flexibility index (Phi) is 6.92. The van der Waals surface area contributed by atoms with E-state index in [9.17, 15) is 5.11 Å². The van der Waals surface area contributed by atoms with Gasteiger partial charge < -0.3 is 20.5 Å². The Morgan fingerprint density at radius 1 is 1.47 bits per heavy atom. The normalized spacial score (nSPS) is 24.8. The molecule has 0 aromatic rings. The van der Waals surface area contributed by atoms with Crippen LogP contribution in [-0.2, 0) is 4.74 Å². The summed E-state index contributed by atoms with van der Waals surface area (Å²) in [6.45, 7) is 3.58. The van der Waals surface area contributed by atoms with Crippen LogP contribution in [0.5, 0.6) is 0 Å². The molecule has 1 aliphatic heterocycles. The van der Waals surface area contributed by atoms with Crippen molar-refractivity contribution in [2.45, 2.75) is 37.8 Å². The molecule has 0 bridgehead atoms. The van der Waals surface area contributed by atoms with Crippen LogP contribution < -0.4 is 10.6 Å². The van der Waals surface area contributed by atoms with E-state index in [1.165, 1.54) is 19.3 Å². The lowest BCUT2D eigenvalue weighted by Crippen LogP contribution is -2.33. The van der Waals surface area contributed by atoms with Crippen LogP contribution in [0.2, 0.25) is 0 Å². The number of hydrogen-bond donors (Lipinski definition) is 3. The van der Waals surface area contributed by atoms with Crippen molar-refractivity contribution in [2.75, 3.05) is 33.4 Å². The van der Waals surface area contributed by atoms with Crippen LogP contribution in [0.3, 0.4) is 0 Å². The molecular formula is C11H24N2O2. The molecule has 0 aliphatic carbocycles. The predicted molar refractivity (Wildman–Crippen MR) is 61.0 cm³/mol. The van der Waals surface area contributed by atoms with Crippen LogP contribution in [0.15, 0.2) is 0 Å². The van der Waals surface area contributed by atoms with Gasteiger partial charge in [0.15, 0.2) is 0 Å². The van der Waals surface area contributed by atoms with E-state index in [4.69, 9.17) is 4.74 Å². The van der Waals surface area contributed by atoms with Crippen molar-refractivity contribution < 1.29 is 9.84 Å². The van der Waals surface area contributed by atoms with Crippen molar-refractivity contribution in [3.8, 4) is 0 Å². The van der Waals surface area contributed by atoms with Crippen LogP contribution in [0.1, 0.15) is 25.7 Å². The van der Waals surface area contributed by atoms with Gasteiger partial charge in [-0.25, -0.2) is 0 Å². The highest BCUT2D eigenvalue weighted by molar-refractivity contribution is 4.72. The average Bonchev–Trinajstić information content (AvgIpc) is 2.47. The lowest BCUT2D eigenvalue weighted by Gasteiger charge is -2.17. The molecule has 1 rings (SSSR count). The molecule has 90 valence electrons. The highest BCUT2D eigenvalue weighted by atomic mass is 16.5. The van der Waals surface area contributed by atoms with Gasteiger partial charge in [-0.05, 0) is 45.3 Å². The zero-order valence-electron chi connectivity index (χ0n) is 9.67. The first-order valence-corrected chi connectivity index (χ1v) is 5.94. The predicted octanol–water partition coefficient (Wildman–Crippen LogP) is 0.116.